The molecule has 1 aliphatic rings. The van der Waals surface area contributed by atoms with Crippen molar-refractivity contribution in [3.05, 3.63) is 46.8 Å². The summed E-state index contributed by atoms with van der Waals surface area (Å²) in [5.74, 6) is -0.994. The van der Waals surface area contributed by atoms with Crippen LogP contribution in [-0.4, -0.2) is 58.0 Å². The molecule has 0 radical (unpaired) electrons. The topological polar surface area (TPSA) is 102 Å². The van der Waals surface area contributed by atoms with E-state index in [-0.39, 0.29) is 22.1 Å². The number of sulfonamides is 1. The highest BCUT2D eigenvalue weighted by Gasteiger charge is 2.26. The van der Waals surface area contributed by atoms with Gasteiger partial charge in [-0.05, 0) is 48.6 Å². The molecule has 10 heteroatoms. The van der Waals surface area contributed by atoms with Crippen LogP contribution in [0.4, 0.5) is 5.00 Å². The van der Waals surface area contributed by atoms with E-state index in [9.17, 15) is 18.0 Å². The van der Waals surface area contributed by atoms with Crippen molar-refractivity contribution in [2.75, 3.05) is 32.6 Å². The number of hydrogen-bond donors (Lipinski definition) is 1. The highest BCUT2D eigenvalue weighted by Crippen LogP contribution is 2.25. The first-order valence-electron chi connectivity index (χ1n) is 8.98. The Bertz CT molecular complexity index is 978. The maximum absolute atomic E-state index is 12.7. The second kappa shape index (κ2) is 9.04. The number of nitrogens with zero attached hydrogens (tertiary/aromatic N) is 1. The number of likely N-dealkylation sites (N-methyl/N-ethyl adjacent to an activating group) is 1. The lowest BCUT2D eigenvalue weighted by atomic mass is 10.2. The molecule has 0 bridgehead atoms. The molecule has 8 nitrogen and oxygen atoms in total. The van der Waals surface area contributed by atoms with Gasteiger partial charge in [0, 0.05) is 25.8 Å². The largest absolute Gasteiger partial charge is 0.465 e. The van der Waals surface area contributed by atoms with E-state index in [2.05, 4.69) is 10.1 Å². The number of carbonyl (C=O) groups is 2. The second-order valence-electron chi connectivity index (χ2n) is 6.55. The zero-order chi connectivity index (χ0) is 21.0. The predicted molar refractivity (Wildman–Crippen MR) is 109 cm³/mol. The Morgan fingerprint density at radius 1 is 1.28 bits per heavy atom. The van der Waals surface area contributed by atoms with Gasteiger partial charge in [0.1, 0.15) is 5.00 Å². The average Bonchev–Trinajstić information content (AvgIpc) is 3.39. The molecular formula is C19H22N2O6S2. The lowest BCUT2D eigenvalue weighted by Crippen LogP contribution is -2.34. The van der Waals surface area contributed by atoms with E-state index >= 15 is 0 Å². The van der Waals surface area contributed by atoms with Crippen molar-refractivity contribution < 1.29 is 27.5 Å². The van der Waals surface area contributed by atoms with Gasteiger partial charge < -0.3 is 14.8 Å². The smallest absolute Gasteiger partial charge is 0.340 e. The number of amides is 1. The van der Waals surface area contributed by atoms with Crippen LogP contribution in [0.1, 0.15) is 33.6 Å². The van der Waals surface area contributed by atoms with E-state index in [0.717, 1.165) is 12.8 Å². The molecule has 2 aromatic rings. The molecule has 156 valence electrons. The van der Waals surface area contributed by atoms with Crippen LogP contribution in [0.2, 0.25) is 0 Å². The van der Waals surface area contributed by atoms with Crippen LogP contribution in [0, 0.1) is 0 Å². The molecule has 1 aromatic carbocycles. The highest BCUT2D eigenvalue weighted by molar-refractivity contribution is 7.89. The maximum atomic E-state index is 12.7. The summed E-state index contributed by atoms with van der Waals surface area (Å²) in [6.45, 7) is 0.948. The summed E-state index contributed by atoms with van der Waals surface area (Å²) >= 11 is 1.20. The molecule has 1 aliphatic heterocycles. The third-order valence-electron chi connectivity index (χ3n) is 4.61. The van der Waals surface area contributed by atoms with Crippen molar-refractivity contribution in [1.82, 2.24) is 4.31 Å². The van der Waals surface area contributed by atoms with E-state index in [0.29, 0.717) is 18.2 Å². The molecule has 0 spiro atoms. The Hall–Kier alpha value is -2.27. The van der Waals surface area contributed by atoms with Gasteiger partial charge in [-0.3, -0.25) is 4.79 Å². The second-order valence-corrected chi connectivity index (χ2v) is 9.52. The summed E-state index contributed by atoms with van der Waals surface area (Å²) < 4.78 is 36.9. The summed E-state index contributed by atoms with van der Waals surface area (Å²) in [7, 11) is -0.897. The van der Waals surface area contributed by atoms with Crippen molar-refractivity contribution in [2.24, 2.45) is 0 Å². The van der Waals surface area contributed by atoms with E-state index in [1.54, 1.807) is 11.4 Å². The lowest BCUT2D eigenvalue weighted by Gasteiger charge is -2.20. The summed E-state index contributed by atoms with van der Waals surface area (Å²) in [6.07, 6.45) is 1.69. The Labute approximate surface area is 173 Å². The third-order valence-corrected chi connectivity index (χ3v) is 7.27. The van der Waals surface area contributed by atoms with Crippen LogP contribution in [0.15, 0.2) is 40.6 Å². The number of hydrogen-bond acceptors (Lipinski definition) is 7. The Morgan fingerprint density at radius 2 is 2.00 bits per heavy atom. The number of esters is 1. The molecule has 1 unspecified atom stereocenters. The van der Waals surface area contributed by atoms with Gasteiger partial charge in [-0.2, -0.15) is 4.31 Å². The van der Waals surface area contributed by atoms with Crippen molar-refractivity contribution in [3.8, 4) is 0 Å². The third kappa shape index (κ3) is 4.84. The fourth-order valence-electron chi connectivity index (χ4n) is 2.98. The quantitative estimate of drug-likeness (QED) is 0.667. The molecule has 2 heterocycles. The van der Waals surface area contributed by atoms with E-state index in [1.807, 2.05) is 0 Å². The average molecular weight is 439 g/mol. The van der Waals surface area contributed by atoms with Crippen molar-refractivity contribution in [1.29, 1.82) is 0 Å². The minimum absolute atomic E-state index is 0.0883. The molecule has 1 amide bonds. The minimum Gasteiger partial charge on any atom is -0.465 e. The van der Waals surface area contributed by atoms with Gasteiger partial charge in [0.25, 0.3) is 5.91 Å². The number of benzene rings is 1. The first-order chi connectivity index (χ1) is 13.8. The van der Waals surface area contributed by atoms with Crippen LogP contribution >= 0.6 is 11.3 Å². The fourth-order valence-corrected chi connectivity index (χ4v) is 4.96. The Morgan fingerprint density at radius 3 is 2.62 bits per heavy atom. The predicted octanol–water partition coefficient (Wildman–Crippen LogP) is 2.59. The zero-order valence-corrected chi connectivity index (χ0v) is 17.7. The first-order valence-corrected chi connectivity index (χ1v) is 11.3. The minimum atomic E-state index is -3.68. The molecule has 1 atom stereocenters. The first kappa shape index (κ1) is 21.4. The molecule has 1 fully saturated rings. The molecule has 0 aliphatic carbocycles. The van der Waals surface area contributed by atoms with Gasteiger partial charge >= 0.3 is 5.97 Å². The van der Waals surface area contributed by atoms with Crippen LogP contribution in [0.5, 0.6) is 0 Å². The zero-order valence-electron chi connectivity index (χ0n) is 16.1. The van der Waals surface area contributed by atoms with Crippen LogP contribution in [0.25, 0.3) is 0 Å². The number of carbonyl (C=O) groups excluding carboxylic acids is 2. The molecule has 1 saturated heterocycles. The standard InChI is InChI=1S/C19H22N2O6S2/c1-21(12-14-4-3-10-27-14)29(24,25)15-7-5-13(6-8-15)17(22)20-18-16(9-11-28-18)19(23)26-2/h5-9,11,14H,3-4,10,12H2,1-2H3,(H,20,22). The number of ether oxygens (including phenoxy) is 2. The van der Waals surface area contributed by atoms with Crippen molar-refractivity contribution >= 4 is 38.2 Å². The van der Waals surface area contributed by atoms with Gasteiger partial charge in [-0.15, -0.1) is 11.3 Å². The van der Waals surface area contributed by atoms with Crippen molar-refractivity contribution in [2.45, 2.75) is 23.8 Å². The summed E-state index contributed by atoms with van der Waals surface area (Å²) in [4.78, 5) is 24.3. The molecular weight excluding hydrogens is 416 g/mol. The Balaban J connectivity index is 1.70. The van der Waals surface area contributed by atoms with E-state index < -0.39 is 21.9 Å². The number of anilines is 1. The van der Waals surface area contributed by atoms with Crippen LogP contribution < -0.4 is 5.32 Å². The summed E-state index contributed by atoms with van der Waals surface area (Å²) in [5, 5.41) is 4.69. The number of methoxy groups -OCH3 is 1. The SMILES string of the molecule is COC(=O)c1ccsc1NC(=O)c1ccc(S(=O)(=O)N(C)CC2CCCO2)cc1. The number of rotatable bonds is 7. The molecule has 29 heavy (non-hydrogen) atoms. The normalized spacial score (nSPS) is 16.7. The summed E-state index contributed by atoms with van der Waals surface area (Å²) in [6, 6.07) is 7.23. The number of nitrogens with one attached hydrogen (secondary N) is 1. The molecule has 1 aromatic heterocycles. The molecule has 3 rings (SSSR count). The highest BCUT2D eigenvalue weighted by atomic mass is 32.2. The van der Waals surface area contributed by atoms with Gasteiger partial charge in [-0.25, -0.2) is 13.2 Å². The van der Waals surface area contributed by atoms with Crippen molar-refractivity contribution in [3.63, 3.8) is 0 Å². The lowest BCUT2D eigenvalue weighted by molar-refractivity contribution is 0.0602. The van der Waals surface area contributed by atoms with Gasteiger partial charge in [0.05, 0.1) is 23.7 Å². The van der Waals surface area contributed by atoms with Gasteiger partial charge in [-0.1, -0.05) is 0 Å². The van der Waals surface area contributed by atoms with E-state index in [1.165, 1.54) is 54.1 Å². The monoisotopic (exact) mass is 438 g/mol. The van der Waals surface area contributed by atoms with Crippen LogP contribution in [-0.2, 0) is 19.5 Å². The molecule has 0 saturated carbocycles. The summed E-state index contributed by atoms with van der Waals surface area (Å²) in [5.41, 5.74) is 0.538. The number of thiophene rings is 1. The van der Waals surface area contributed by atoms with Gasteiger partial charge in [0.15, 0.2) is 0 Å². The fraction of sp³-hybridized carbons (Fsp3) is 0.368. The van der Waals surface area contributed by atoms with Crippen LogP contribution in [0.3, 0.4) is 0 Å². The van der Waals surface area contributed by atoms with Gasteiger partial charge in [0.2, 0.25) is 10.0 Å². The Kier molecular flexibility index (Phi) is 6.68. The van der Waals surface area contributed by atoms with E-state index in [4.69, 9.17) is 4.74 Å². The maximum Gasteiger partial charge on any atom is 0.340 e. The molecule has 1 N–H and O–H groups in total.